The first-order valence-electron chi connectivity index (χ1n) is 7.59. The van der Waals surface area contributed by atoms with E-state index in [0.29, 0.717) is 23.5 Å². The molecule has 5 heteroatoms. The molecule has 1 aromatic rings. The number of hydrogen-bond donors (Lipinski definition) is 1. The quantitative estimate of drug-likeness (QED) is 0.900. The van der Waals surface area contributed by atoms with E-state index >= 15 is 0 Å². The molecule has 4 nitrogen and oxygen atoms in total. The smallest absolute Gasteiger partial charge is 0.186 e. The van der Waals surface area contributed by atoms with Gasteiger partial charge >= 0.3 is 0 Å². The van der Waals surface area contributed by atoms with Crippen LogP contribution in [0.1, 0.15) is 38.8 Å². The average molecular weight is 280 g/mol. The van der Waals surface area contributed by atoms with Crippen LogP contribution in [0.2, 0.25) is 0 Å². The van der Waals surface area contributed by atoms with Gasteiger partial charge in [0.2, 0.25) is 0 Å². The summed E-state index contributed by atoms with van der Waals surface area (Å²) in [4.78, 5) is 10.0. The molecule has 1 unspecified atom stereocenters. The molecule has 112 valence electrons. The molecule has 0 spiro atoms. The van der Waals surface area contributed by atoms with Gasteiger partial charge in [-0.1, -0.05) is 6.92 Å². The maximum Gasteiger partial charge on any atom is 0.186 e. The summed E-state index contributed by atoms with van der Waals surface area (Å²) in [6.07, 6.45) is 4.78. The monoisotopic (exact) mass is 280 g/mol. The lowest BCUT2D eigenvalue weighted by molar-refractivity contribution is 0.310. The van der Waals surface area contributed by atoms with Gasteiger partial charge in [0.05, 0.1) is 5.69 Å². The molecule has 0 saturated carbocycles. The van der Waals surface area contributed by atoms with Gasteiger partial charge in [-0.15, -0.1) is 0 Å². The second-order valence-corrected chi connectivity index (χ2v) is 5.66. The van der Waals surface area contributed by atoms with Gasteiger partial charge in [0.15, 0.2) is 11.6 Å². The Labute approximate surface area is 120 Å². The van der Waals surface area contributed by atoms with Crippen molar-refractivity contribution >= 4 is 5.82 Å². The van der Waals surface area contributed by atoms with Crippen LogP contribution in [0.25, 0.3) is 0 Å². The zero-order valence-electron chi connectivity index (χ0n) is 12.7. The maximum absolute atomic E-state index is 14.0. The highest BCUT2D eigenvalue weighted by molar-refractivity contribution is 5.41. The minimum Gasteiger partial charge on any atom is -0.354 e. The van der Waals surface area contributed by atoms with Crippen LogP contribution in [-0.2, 0) is 0 Å². The number of anilines is 1. The lowest BCUT2D eigenvalue weighted by atomic mass is 9.90. The Morgan fingerprint density at radius 1 is 1.40 bits per heavy atom. The molecule has 1 aliphatic rings. The fraction of sp³-hybridized carbons (Fsp3) is 0.733. The van der Waals surface area contributed by atoms with E-state index in [1.54, 1.807) is 6.92 Å². The van der Waals surface area contributed by atoms with E-state index in [1.165, 1.54) is 6.33 Å². The zero-order chi connectivity index (χ0) is 14.5. The van der Waals surface area contributed by atoms with Crippen LogP contribution in [0.3, 0.4) is 0 Å². The lowest BCUT2D eigenvalue weighted by Gasteiger charge is -2.36. The molecule has 0 aromatic carbocycles. The Hall–Kier alpha value is -1.23. The number of aryl methyl sites for hydroxylation is 1. The van der Waals surface area contributed by atoms with Gasteiger partial charge in [-0.2, -0.15) is 0 Å². The van der Waals surface area contributed by atoms with E-state index in [4.69, 9.17) is 0 Å². The van der Waals surface area contributed by atoms with E-state index < -0.39 is 0 Å². The van der Waals surface area contributed by atoms with Crippen molar-refractivity contribution in [3.05, 3.63) is 17.8 Å². The highest BCUT2D eigenvalue weighted by Gasteiger charge is 2.26. The number of hydrogen-bond acceptors (Lipinski definition) is 4. The molecule has 20 heavy (non-hydrogen) atoms. The molecule has 2 rings (SSSR count). The van der Waals surface area contributed by atoms with E-state index in [9.17, 15) is 4.39 Å². The van der Waals surface area contributed by atoms with Crippen LogP contribution in [0.15, 0.2) is 6.33 Å². The summed E-state index contributed by atoms with van der Waals surface area (Å²) in [6.45, 7) is 8.94. The third kappa shape index (κ3) is 3.45. The number of piperidine rings is 1. The first-order valence-corrected chi connectivity index (χ1v) is 7.59. The summed E-state index contributed by atoms with van der Waals surface area (Å²) >= 11 is 0. The van der Waals surface area contributed by atoms with Gasteiger partial charge in [0, 0.05) is 19.1 Å². The van der Waals surface area contributed by atoms with Crippen LogP contribution in [0.4, 0.5) is 10.2 Å². The number of aromatic nitrogens is 2. The van der Waals surface area contributed by atoms with Crippen LogP contribution in [-0.4, -0.2) is 35.6 Å². The van der Waals surface area contributed by atoms with Crippen molar-refractivity contribution in [2.24, 2.45) is 5.92 Å². The minimum absolute atomic E-state index is 0.275. The number of nitrogens with zero attached hydrogens (tertiary/aromatic N) is 3. The van der Waals surface area contributed by atoms with Gasteiger partial charge in [-0.05, 0) is 45.6 Å². The Bertz CT molecular complexity index is 430. The van der Waals surface area contributed by atoms with Crippen molar-refractivity contribution in [2.45, 2.75) is 46.1 Å². The number of halogens is 1. The van der Waals surface area contributed by atoms with Crippen LogP contribution < -0.4 is 10.2 Å². The summed E-state index contributed by atoms with van der Waals surface area (Å²) in [6, 6.07) is 0.536. The molecule has 1 saturated heterocycles. The van der Waals surface area contributed by atoms with Crippen LogP contribution >= 0.6 is 0 Å². The van der Waals surface area contributed by atoms with Crippen LogP contribution in [0, 0.1) is 18.7 Å². The Balaban J connectivity index is 1.92. The van der Waals surface area contributed by atoms with Crippen molar-refractivity contribution < 1.29 is 4.39 Å². The summed E-state index contributed by atoms with van der Waals surface area (Å²) < 4.78 is 14.0. The molecule has 1 aromatic heterocycles. The van der Waals surface area contributed by atoms with E-state index in [2.05, 4.69) is 29.1 Å². The fourth-order valence-electron chi connectivity index (χ4n) is 2.82. The topological polar surface area (TPSA) is 41.0 Å². The molecule has 2 heterocycles. The highest BCUT2D eigenvalue weighted by atomic mass is 19.1. The lowest BCUT2D eigenvalue weighted by Crippen LogP contribution is -2.42. The average Bonchev–Trinajstić information content (AvgIpc) is 2.48. The summed E-state index contributed by atoms with van der Waals surface area (Å²) in [5.41, 5.74) is 0.426. The molecule has 0 amide bonds. The summed E-state index contributed by atoms with van der Waals surface area (Å²) in [5, 5.41) is 3.56. The van der Waals surface area contributed by atoms with E-state index in [0.717, 1.165) is 38.9 Å². The first-order chi connectivity index (χ1) is 9.63. The minimum atomic E-state index is -0.275. The van der Waals surface area contributed by atoms with Crippen molar-refractivity contribution in [1.29, 1.82) is 0 Å². The molecular formula is C15H25FN4. The zero-order valence-corrected chi connectivity index (χ0v) is 12.7. The molecular weight excluding hydrogens is 255 g/mol. The molecule has 1 atom stereocenters. The number of rotatable bonds is 5. The summed E-state index contributed by atoms with van der Waals surface area (Å²) in [5.74, 6) is 0.858. The molecule has 0 bridgehead atoms. The predicted octanol–water partition coefficient (Wildman–Crippen LogP) is 2.53. The van der Waals surface area contributed by atoms with Gasteiger partial charge in [-0.3, -0.25) is 0 Å². The van der Waals surface area contributed by atoms with Gasteiger partial charge in [0.1, 0.15) is 6.33 Å². The Morgan fingerprint density at radius 2 is 2.10 bits per heavy atom. The van der Waals surface area contributed by atoms with Gasteiger partial charge in [0.25, 0.3) is 0 Å². The molecule has 1 aliphatic heterocycles. The van der Waals surface area contributed by atoms with E-state index in [-0.39, 0.29) is 5.82 Å². The highest BCUT2D eigenvalue weighted by Crippen LogP contribution is 2.26. The SMILES string of the molecule is CCCNC(C)C1CCN(c2ncnc(C)c2F)CC1. The van der Waals surface area contributed by atoms with Crippen molar-refractivity contribution in [3.63, 3.8) is 0 Å². The predicted molar refractivity (Wildman–Crippen MR) is 79.4 cm³/mol. The third-order valence-corrected chi connectivity index (χ3v) is 4.21. The second-order valence-electron chi connectivity index (χ2n) is 5.66. The maximum atomic E-state index is 14.0. The largest absolute Gasteiger partial charge is 0.354 e. The molecule has 1 fully saturated rings. The van der Waals surface area contributed by atoms with Crippen LogP contribution in [0.5, 0.6) is 0 Å². The fourth-order valence-corrected chi connectivity index (χ4v) is 2.82. The number of nitrogens with one attached hydrogen (secondary N) is 1. The molecule has 0 radical (unpaired) electrons. The van der Waals surface area contributed by atoms with Crippen molar-refractivity contribution in [2.75, 3.05) is 24.5 Å². The Kier molecular flexibility index (Phi) is 5.29. The first kappa shape index (κ1) is 15.2. The Morgan fingerprint density at radius 3 is 2.75 bits per heavy atom. The standard InChI is InChI=1S/C15H25FN4/c1-4-7-17-11(2)13-5-8-20(9-6-13)15-14(16)12(3)18-10-19-15/h10-11,13,17H,4-9H2,1-3H3. The second kappa shape index (κ2) is 6.97. The van der Waals surface area contributed by atoms with E-state index in [1.807, 2.05) is 4.90 Å². The normalized spacial score (nSPS) is 18.3. The van der Waals surface area contributed by atoms with Gasteiger partial charge in [-0.25, -0.2) is 14.4 Å². The van der Waals surface area contributed by atoms with Crippen molar-refractivity contribution in [3.8, 4) is 0 Å². The van der Waals surface area contributed by atoms with Crippen molar-refractivity contribution in [1.82, 2.24) is 15.3 Å². The molecule has 0 aliphatic carbocycles. The molecule has 1 N–H and O–H groups in total. The summed E-state index contributed by atoms with van der Waals surface area (Å²) in [7, 11) is 0. The third-order valence-electron chi connectivity index (χ3n) is 4.21. The van der Waals surface area contributed by atoms with Gasteiger partial charge < -0.3 is 10.2 Å².